The molecule has 0 saturated carbocycles. The van der Waals surface area contributed by atoms with Gasteiger partial charge < -0.3 is 15.7 Å². The minimum atomic E-state index is -0.415. The molecule has 1 aromatic heterocycles. The molecule has 3 N–H and O–H groups in total. The van der Waals surface area contributed by atoms with Crippen LogP contribution in [0.1, 0.15) is 37.0 Å². The van der Waals surface area contributed by atoms with Gasteiger partial charge in [-0.3, -0.25) is 4.79 Å². The van der Waals surface area contributed by atoms with E-state index in [4.69, 9.17) is 0 Å². The third-order valence-electron chi connectivity index (χ3n) is 3.10. The number of carbonyl (C=O) groups is 1. The molecule has 3 unspecified atom stereocenters. The number of nitrogens with zero attached hydrogens (tertiary/aromatic N) is 1. The molecule has 5 nitrogen and oxygen atoms in total. The Hall–Kier alpha value is -0.400. The summed E-state index contributed by atoms with van der Waals surface area (Å²) in [4.78, 5) is 16.4. The van der Waals surface area contributed by atoms with Gasteiger partial charge in [0, 0.05) is 11.9 Å². The number of hydrogen-bond donors (Lipinski definition) is 3. The van der Waals surface area contributed by atoms with E-state index in [9.17, 15) is 9.90 Å². The van der Waals surface area contributed by atoms with Crippen molar-refractivity contribution >= 4 is 42.1 Å². The van der Waals surface area contributed by atoms with Crippen molar-refractivity contribution in [3.63, 3.8) is 0 Å². The molecule has 1 saturated heterocycles. The summed E-state index contributed by atoms with van der Waals surface area (Å²) < 4.78 is 0. The molecule has 0 radical (unpaired) electrons. The molecule has 8 heteroatoms. The van der Waals surface area contributed by atoms with E-state index in [1.807, 2.05) is 12.3 Å². The average Bonchev–Trinajstić information content (AvgIpc) is 2.97. The number of thiazole rings is 1. The molecule has 0 aliphatic carbocycles. The van der Waals surface area contributed by atoms with E-state index in [2.05, 4.69) is 22.5 Å². The van der Waals surface area contributed by atoms with Crippen LogP contribution in [0, 0.1) is 0 Å². The first-order chi connectivity index (χ1) is 8.60. The molecular formula is C12H21Cl2N3O2S. The van der Waals surface area contributed by atoms with E-state index in [1.54, 1.807) is 11.3 Å². The summed E-state index contributed by atoms with van der Waals surface area (Å²) in [5, 5.41) is 18.4. The maximum Gasteiger partial charge on any atom is 0.237 e. The molecule has 1 aliphatic heterocycles. The Bertz CT molecular complexity index is 431. The summed E-state index contributed by atoms with van der Waals surface area (Å²) in [7, 11) is 0. The SMILES string of the molecule is CCc1nc(C(C)NC(=O)C2CC(O)CN2)cs1.Cl.Cl. The molecule has 1 amide bonds. The largest absolute Gasteiger partial charge is 0.392 e. The van der Waals surface area contributed by atoms with Gasteiger partial charge in [0.05, 0.1) is 28.9 Å². The fraction of sp³-hybridized carbons (Fsp3) is 0.667. The lowest BCUT2D eigenvalue weighted by atomic mass is 10.1. The van der Waals surface area contributed by atoms with Crippen LogP contribution in [0.25, 0.3) is 0 Å². The lowest BCUT2D eigenvalue weighted by molar-refractivity contribution is -0.123. The molecule has 0 spiro atoms. The number of halogens is 2. The lowest BCUT2D eigenvalue weighted by Gasteiger charge is -2.15. The molecular weight excluding hydrogens is 321 g/mol. The zero-order valence-corrected chi connectivity index (χ0v) is 13.9. The minimum Gasteiger partial charge on any atom is -0.392 e. The standard InChI is InChI=1S/C12H19N3O2S.2ClH/c1-3-11-15-10(6-18-11)7(2)14-12(17)9-4-8(16)5-13-9;;/h6-9,13,16H,3-5H2,1-2H3,(H,14,17);2*1H. The van der Waals surface area contributed by atoms with Crippen molar-refractivity contribution < 1.29 is 9.90 Å². The fourth-order valence-corrected chi connectivity index (χ4v) is 2.83. The predicted octanol–water partition coefficient (Wildman–Crippen LogP) is 1.45. The van der Waals surface area contributed by atoms with Gasteiger partial charge in [0.25, 0.3) is 0 Å². The van der Waals surface area contributed by atoms with Crippen molar-refractivity contribution in [3.05, 3.63) is 16.1 Å². The predicted molar refractivity (Wildman–Crippen MR) is 85.0 cm³/mol. The van der Waals surface area contributed by atoms with Crippen molar-refractivity contribution in [1.29, 1.82) is 0 Å². The first-order valence-corrected chi connectivity index (χ1v) is 7.14. The zero-order chi connectivity index (χ0) is 13.1. The third kappa shape index (κ3) is 4.86. The van der Waals surface area contributed by atoms with Crippen LogP contribution in [-0.2, 0) is 11.2 Å². The second kappa shape index (κ2) is 8.79. The molecule has 1 aliphatic rings. The van der Waals surface area contributed by atoms with E-state index >= 15 is 0 Å². The Kier molecular flexibility index (Phi) is 8.62. The number of aromatic nitrogens is 1. The Labute approximate surface area is 135 Å². The van der Waals surface area contributed by atoms with Crippen molar-refractivity contribution in [3.8, 4) is 0 Å². The number of rotatable bonds is 4. The number of aryl methyl sites for hydroxylation is 1. The van der Waals surface area contributed by atoms with Crippen molar-refractivity contribution in [2.75, 3.05) is 6.54 Å². The van der Waals surface area contributed by atoms with Crippen molar-refractivity contribution in [2.24, 2.45) is 0 Å². The zero-order valence-electron chi connectivity index (χ0n) is 11.5. The summed E-state index contributed by atoms with van der Waals surface area (Å²) in [6.07, 6.45) is 0.986. The van der Waals surface area contributed by atoms with Crippen LogP contribution in [0.4, 0.5) is 0 Å². The first kappa shape index (κ1) is 19.6. The van der Waals surface area contributed by atoms with Gasteiger partial charge in [0.1, 0.15) is 0 Å². The van der Waals surface area contributed by atoms with Crippen LogP contribution in [0.3, 0.4) is 0 Å². The molecule has 3 atom stereocenters. The number of hydrogen-bond acceptors (Lipinski definition) is 5. The van der Waals surface area contributed by atoms with E-state index in [0.29, 0.717) is 13.0 Å². The van der Waals surface area contributed by atoms with Crippen LogP contribution < -0.4 is 10.6 Å². The van der Waals surface area contributed by atoms with E-state index in [-0.39, 0.29) is 42.8 Å². The Morgan fingerprint density at radius 2 is 2.35 bits per heavy atom. The average molecular weight is 342 g/mol. The number of carbonyl (C=O) groups excluding carboxylic acids is 1. The van der Waals surface area contributed by atoms with Gasteiger partial charge in [-0.25, -0.2) is 4.98 Å². The Morgan fingerprint density at radius 3 is 2.85 bits per heavy atom. The molecule has 1 aromatic rings. The molecule has 2 heterocycles. The molecule has 2 rings (SSSR count). The molecule has 116 valence electrons. The fourth-order valence-electron chi connectivity index (χ4n) is 1.99. The van der Waals surface area contributed by atoms with Gasteiger partial charge in [-0.1, -0.05) is 6.92 Å². The van der Waals surface area contributed by atoms with Crippen molar-refractivity contribution in [2.45, 2.75) is 44.9 Å². The Balaban J connectivity index is 0.00000180. The first-order valence-electron chi connectivity index (χ1n) is 6.26. The summed E-state index contributed by atoms with van der Waals surface area (Å²) in [5.41, 5.74) is 0.906. The van der Waals surface area contributed by atoms with Crippen LogP contribution in [0.2, 0.25) is 0 Å². The summed E-state index contributed by atoms with van der Waals surface area (Å²) in [6.45, 7) is 4.48. The van der Waals surface area contributed by atoms with Crippen LogP contribution in [-0.4, -0.2) is 34.7 Å². The Morgan fingerprint density at radius 1 is 1.65 bits per heavy atom. The molecule has 0 bridgehead atoms. The third-order valence-corrected chi connectivity index (χ3v) is 4.11. The summed E-state index contributed by atoms with van der Waals surface area (Å²) in [6, 6.07) is -0.375. The van der Waals surface area contributed by atoms with Crippen LogP contribution in [0.5, 0.6) is 0 Å². The number of amides is 1. The van der Waals surface area contributed by atoms with Gasteiger partial charge in [0.15, 0.2) is 0 Å². The monoisotopic (exact) mass is 341 g/mol. The van der Waals surface area contributed by atoms with E-state index in [0.717, 1.165) is 17.1 Å². The highest BCUT2D eigenvalue weighted by molar-refractivity contribution is 7.09. The van der Waals surface area contributed by atoms with Crippen LogP contribution >= 0.6 is 36.2 Å². The van der Waals surface area contributed by atoms with Crippen molar-refractivity contribution in [1.82, 2.24) is 15.6 Å². The quantitative estimate of drug-likeness (QED) is 0.774. The molecule has 0 aromatic carbocycles. The highest BCUT2D eigenvalue weighted by Crippen LogP contribution is 2.17. The highest BCUT2D eigenvalue weighted by Gasteiger charge is 2.29. The summed E-state index contributed by atoms with van der Waals surface area (Å²) >= 11 is 1.62. The van der Waals surface area contributed by atoms with Gasteiger partial charge in [-0.15, -0.1) is 36.2 Å². The highest BCUT2D eigenvalue weighted by atomic mass is 35.5. The molecule has 20 heavy (non-hydrogen) atoms. The number of β-amino-alcohol motifs (C(OH)–C–C–N with tert-alkyl or cyclic N) is 1. The molecule has 1 fully saturated rings. The lowest BCUT2D eigenvalue weighted by Crippen LogP contribution is -2.41. The normalized spacial score (nSPS) is 22.6. The second-order valence-electron chi connectivity index (χ2n) is 4.60. The van der Waals surface area contributed by atoms with Crippen LogP contribution in [0.15, 0.2) is 5.38 Å². The van der Waals surface area contributed by atoms with Gasteiger partial charge in [-0.2, -0.15) is 0 Å². The minimum absolute atomic E-state index is 0. The maximum absolute atomic E-state index is 11.9. The van der Waals surface area contributed by atoms with E-state index < -0.39 is 6.10 Å². The second-order valence-corrected chi connectivity index (χ2v) is 5.54. The summed E-state index contributed by atoms with van der Waals surface area (Å²) in [5.74, 6) is -0.0647. The smallest absolute Gasteiger partial charge is 0.237 e. The maximum atomic E-state index is 11.9. The van der Waals surface area contributed by atoms with Gasteiger partial charge >= 0.3 is 0 Å². The van der Waals surface area contributed by atoms with Gasteiger partial charge in [0.2, 0.25) is 5.91 Å². The number of aliphatic hydroxyl groups is 1. The van der Waals surface area contributed by atoms with Gasteiger partial charge in [-0.05, 0) is 19.8 Å². The number of nitrogens with one attached hydrogen (secondary N) is 2. The topological polar surface area (TPSA) is 74.2 Å². The number of aliphatic hydroxyl groups excluding tert-OH is 1. The van der Waals surface area contributed by atoms with E-state index in [1.165, 1.54) is 0 Å².